The van der Waals surface area contributed by atoms with Gasteiger partial charge in [0, 0.05) is 29.6 Å². The van der Waals surface area contributed by atoms with E-state index in [1.165, 1.54) is 12.1 Å². The van der Waals surface area contributed by atoms with Crippen LogP contribution in [-0.2, 0) is 22.6 Å². The first-order chi connectivity index (χ1) is 16.0. The lowest BCUT2D eigenvalue weighted by Gasteiger charge is -2.14. The number of nitrogens with zero attached hydrogens (tertiary/aromatic N) is 1. The number of esters is 1. The third-order valence-electron chi connectivity index (χ3n) is 5.48. The molecule has 170 valence electrons. The third kappa shape index (κ3) is 4.53. The molecule has 4 rings (SSSR count). The molecule has 1 heterocycles. The minimum absolute atomic E-state index is 0.180. The SMILES string of the molecule is CCNC(=O)OCc1c(C(=O)OCC)n(Cc2cccc3ccccc23)c2ccc(F)cc12. The molecule has 0 atom stereocenters. The Morgan fingerprint density at radius 3 is 2.55 bits per heavy atom. The van der Waals surface area contributed by atoms with Crippen molar-refractivity contribution in [3.05, 3.63) is 83.3 Å². The van der Waals surface area contributed by atoms with Crippen molar-refractivity contribution in [3.8, 4) is 0 Å². The molecule has 1 aromatic heterocycles. The van der Waals surface area contributed by atoms with E-state index in [2.05, 4.69) is 5.32 Å². The maximum absolute atomic E-state index is 14.2. The Hall–Kier alpha value is -3.87. The number of aromatic nitrogens is 1. The number of amides is 1. The van der Waals surface area contributed by atoms with Crippen molar-refractivity contribution >= 4 is 33.7 Å². The van der Waals surface area contributed by atoms with E-state index >= 15 is 0 Å². The lowest BCUT2D eigenvalue weighted by atomic mass is 10.0. The average molecular weight is 448 g/mol. The first-order valence-electron chi connectivity index (χ1n) is 10.9. The highest BCUT2D eigenvalue weighted by Gasteiger charge is 2.25. The van der Waals surface area contributed by atoms with Crippen LogP contribution in [0.3, 0.4) is 0 Å². The van der Waals surface area contributed by atoms with Crippen LogP contribution in [0, 0.1) is 5.82 Å². The molecule has 0 bridgehead atoms. The van der Waals surface area contributed by atoms with Gasteiger partial charge in [0.25, 0.3) is 0 Å². The van der Waals surface area contributed by atoms with E-state index in [-0.39, 0.29) is 18.9 Å². The van der Waals surface area contributed by atoms with Crippen LogP contribution in [0.5, 0.6) is 0 Å². The zero-order valence-electron chi connectivity index (χ0n) is 18.6. The Morgan fingerprint density at radius 1 is 0.970 bits per heavy atom. The Labute approximate surface area is 190 Å². The summed E-state index contributed by atoms with van der Waals surface area (Å²) in [6, 6.07) is 18.3. The van der Waals surface area contributed by atoms with Crippen LogP contribution in [0.1, 0.15) is 35.5 Å². The average Bonchev–Trinajstić information content (AvgIpc) is 3.10. The van der Waals surface area contributed by atoms with Crippen molar-refractivity contribution in [2.45, 2.75) is 27.0 Å². The van der Waals surface area contributed by atoms with Gasteiger partial charge in [0.2, 0.25) is 0 Å². The van der Waals surface area contributed by atoms with Crippen molar-refractivity contribution in [1.82, 2.24) is 9.88 Å². The number of rotatable bonds is 7. The molecule has 4 aromatic rings. The van der Waals surface area contributed by atoms with E-state index in [1.54, 1.807) is 19.9 Å². The van der Waals surface area contributed by atoms with Crippen LogP contribution in [0.2, 0.25) is 0 Å². The Bertz CT molecular complexity index is 1320. The van der Waals surface area contributed by atoms with Gasteiger partial charge < -0.3 is 19.4 Å². The first kappa shape index (κ1) is 22.3. The number of nitrogens with one attached hydrogen (secondary N) is 1. The predicted octanol–water partition coefficient (Wildman–Crippen LogP) is 5.40. The number of halogens is 1. The molecule has 0 aliphatic carbocycles. The number of benzene rings is 3. The van der Waals surface area contributed by atoms with Crippen molar-refractivity contribution in [3.63, 3.8) is 0 Å². The fraction of sp³-hybridized carbons (Fsp3) is 0.231. The number of ether oxygens (including phenoxy) is 2. The summed E-state index contributed by atoms with van der Waals surface area (Å²) in [6.07, 6.45) is -0.612. The molecule has 0 unspecified atom stereocenters. The Kier molecular flexibility index (Phi) is 6.58. The fourth-order valence-electron chi connectivity index (χ4n) is 4.07. The van der Waals surface area contributed by atoms with Crippen LogP contribution in [0.25, 0.3) is 21.7 Å². The standard InChI is InChI=1S/C26H25FN2O4/c1-3-28-26(31)33-16-22-21-14-19(27)12-13-23(21)29(24(22)25(30)32-4-2)15-18-10-7-9-17-8-5-6-11-20(17)18/h5-14H,3-4,15-16H2,1-2H3,(H,28,31). The lowest BCUT2D eigenvalue weighted by molar-refractivity contribution is 0.0509. The van der Waals surface area contributed by atoms with Gasteiger partial charge in [-0.2, -0.15) is 0 Å². The highest BCUT2D eigenvalue weighted by molar-refractivity contribution is 5.99. The molecule has 0 saturated heterocycles. The van der Waals surface area contributed by atoms with Crippen molar-refractivity contribution in [1.29, 1.82) is 0 Å². The third-order valence-corrected chi connectivity index (χ3v) is 5.48. The first-order valence-corrected chi connectivity index (χ1v) is 10.9. The molecule has 33 heavy (non-hydrogen) atoms. The molecular weight excluding hydrogens is 423 g/mol. The Morgan fingerprint density at radius 2 is 1.76 bits per heavy atom. The molecule has 0 aliphatic rings. The monoisotopic (exact) mass is 448 g/mol. The molecular formula is C26H25FN2O4. The van der Waals surface area contributed by atoms with Gasteiger partial charge in [-0.1, -0.05) is 42.5 Å². The second kappa shape index (κ2) is 9.73. The molecule has 0 radical (unpaired) electrons. The van der Waals surface area contributed by atoms with E-state index in [9.17, 15) is 14.0 Å². The number of alkyl carbamates (subject to hydrolysis) is 1. The summed E-state index contributed by atoms with van der Waals surface area (Å²) < 4.78 is 26.7. The largest absolute Gasteiger partial charge is 0.461 e. The number of carbonyl (C=O) groups excluding carboxylic acids is 2. The van der Waals surface area contributed by atoms with Gasteiger partial charge in [-0.05, 0) is 48.4 Å². The van der Waals surface area contributed by atoms with Gasteiger partial charge in [-0.3, -0.25) is 0 Å². The van der Waals surface area contributed by atoms with E-state index in [1.807, 2.05) is 47.0 Å². The van der Waals surface area contributed by atoms with E-state index < -0.39 is 17.9 Å². The van der Waals surface area contributed by atoms with Crippen molar-refractivity contribution in [2.75, 3.05) is 13.2 Å². The van der Waals surface area contributed by atoms with Gasteiger partial charge in [0.1, 0.15) is 18.1 Å². The van der Waals surface area contributed by atoms with Gasteiger partial charge >= 0.3 is 12.1 Å². The summed E-state index contributed by atoms with van der Waals surface area (Å²) in [5.74, 6) is -0.997. The summed E-state index contributed by atoms with van der Waals surface area (Å²) in [5, 5.41) is 5.19. The normalized spacial score (nSPS) is 11.0. The number of hydrogen-bond acceptors (Lipinski definition) is 4. The second-order valence-corrected chi connectivity index (χ2v) is 7.54. The maximum Gasteiger partial charge on any atom is 0.407 e. The van der Waals surface area contributed by atoms with Crippen LogP contribution in [0.4, 0.5) is 9.18 Å². The molecule has 3 aromatic carbocycles. The second-order valence-electron chi connectivity index (χ2n) is 7.54. The quantitative estimate of drug-likeness (QED) is 0.384. The molecule has 0 spiro atoms. The highest BCUT2D eigenvalue weighted by Crippen LogP contribution is 2.31. The van der Waals surface area contributed by atoms with Crippen LogP contribution >= 0.6 is 0 Å². The minimum Gasteiger partial charge on any atom is -0.461 e. The topological polar surface area (TPSA) is 69.6 Å². The number of fused-ring (bicyclic) bond motifs is 2. The molecule has 0 aliphatic heterocycles. The fourth-order valence-corrected chi connectivity index (χ4v) is 4.07. The summed E-state index contributed by atoms with van der Waals surface area (Å²) in [5.41, 5.74) is 2.31. The highest BCUT2D eigenvalue weighted by atomic mass is 19.1. The van der Waals surface area contributed by atoms with Crippen molar-refractivity contribution < 1.29 is 23.5 Å². The molecule has 1 N–H and O–H groups in total. The van der Waals surface area contributed by atoms with Gasteiger partial charge in [0.15, 0.2) is 0 Å². The molecule has 1 amide bonds. The Balaban J connectivity index is 1.89. The van der Waals surface area contributed by atoms with Gasteiger partial charge in [-0.15, -0.1) is 0 Å². The lowest BCUT2D eigenvalue weighted by Crippen LogP contribution is -2.24. The molecule has 0 saturated carbocycles. The van der Waals surface area contributed by atoms with Crippen LogP contribution in [-0.4, -0.2) is 29.8 Å². The predicted molar refractivity (Wildman–Crippen MR) is 125 cm³/mol. The summed E-state index contributed by atoms with van der Waals surface area (Å²) in [6.45, 7) is 4.25. The van der Waals surface area contributed by atoms with Gasteiger partial charge in [-0.25, -0.2) is 14.0 Å². The molecule has 6 nitrogen and oxygen atoms in total. The van der Waals surface area contributed by atoms with Gasteiger partial charge in [0.05, 0.1) is 6.61 Å². The number of hydrogen-bond donors (Lipinski definition) is 1. The van der Waals surface area contributed by atoms with E-state index in [4.69, 9.17) is 9.47 Å². The smallest absolute Gasteiger partial charge is 0.407 e. The zero-order chi connectivity index (χ0) is 23.4. The van der Waals surface area contributed by atoms with E-state index in [0.29, 0.717) is 29.6 Å². The van der Waals surface area contributed by atoms with E-state index in [0.717, 1.165) is 16.3 Å². The summed E-state index contributed by atoms with van der Waals surface area (Å²) >= 11 is 0. The maximum atomic E-state index is 14.2. The van der Waals surface area contributed by atoms with Crippen molar-refractivity contribution in [2.24, 2.45) is 0 Å². The summed E-state index contributed by atoms with van der Waals surface area (Å²) in [7, 11) is 0. The van der Waals surface area contributed by atoms with Crippen LogP contribution < -0.4 is 5.32 Å². The summed E-state index contributed by atoms with van der Waals surface area (Å²) in [4.78, 5) is 25.0. The number of carbonyl (C=O) groups is 2. The molecule has 7 heteroatoms. The van der Waals surface area contributed by atoms with Crippen LogP contribution in [0.15, 0.2) is 60.7 Å². The zero-order valence-corrected chi connectivity index (χ0v) is 18.6. The minimum atomic E-state index is -0.612. The molecule has 0 fully saturated rings.